The van der Waals surface area contributed by atoms with E-state index in [0.717, 1.165) is 5.69 Å². The molecule has 7 heteroatoms. The van der Waals surface area contributed by atoms with Gasteiger partial charge in [0.2, 0.25) is 0 Å². The second kappa shape index (κ2) is 5.43. The average Bonchev–Trinajstić information content (AvgIpc) is 3.19. The van der Waals surface area contributed by atoms with E-state index in [2.05, 4.69) is 20.6 Å². The number of aromatic amines is 1. The summed E-state index contributed by atoms with van der Waals surface area (Å²) in [6.07, 6.45) is 5.16. The number of rotatable bonds is 5. The van der Waals surface area contributed by atoms with Gasteiger partial charge in [0.1, 0.15) is 5.76 Å². The highest BCUT2D eigenvalue weighted by molar-refractivity contribution is 5.91. The highest BCUT2D eigenvalue weighted by atomic mass is 16.4. The van der Waals surface area contributed by atoms with Crippen molar-refractivity contribution in [1.29, 1.82) is 0 Å². The van der Waals surface area contributed by atoms with Gasteiger partial charge in [-0.1, -0.05) is 0 Å². The summed E-state index contributed by atoms with van der Waals surface area (Å²) in [6, 6.07) is 7.06. The van der Waals surface area contributed by atoms with Gasteiger partial charge in [-0.15, -0.1) is 0 Å². The number of nitrogens with one attached hydrogen (secondary N) is 2. The number of amides is 1. The zero-order valence-electron chi connectivity index (χ0n) is 10.6. The number of nitrogens with zero attached hydrogens (tertiary/aromatic N) is 3. The molecular formula is C13H13N5O2. The summed E-state index contributed by atoms with van der Waals surface area (Å²) >= 11 is 0. The van der Waals surface area contributed by atoms with Crippen molar-refractivity contribution in [2.45, 2.75) is 13.1 Å². The quantitative estimate of drug-likeness (QED) is 0.729. The molecule has 1 amide bonds. The van der Waals surface area contributed by atoms with Crippen LogP contribution >= 0.6 is 0 Å². The minimum absolute atomic E-state index is 0.258. The lowest BCUT2D eigenvalue weighted by Crippen LogP contribution is -2.22. The zero-order chi connectivity index (χ0) is 13.8. The van der Waals surface area contributed by atoms with Crippen LogP contribution in [0, 0.1) is 0 Å². The molecule has 0 bridgehead atoms. The van der Waals surface area contributed by atoms with E-state index in [-0.39, 0.29) is 11.7 Å². The van der Waals surface area contributed by atoms with Gasteiger partial charge in [0.05, 0.1) is 18.8 Å². The van der Waals surface area contributed by atoms with E-state index in [1.165, 1.54) is 0 Å². The summed E-state index contributed by atoms with van der Waals surface area (Å²) in [6.45, 7) is 0.884. The molecule has 0 atom stereocenters. The van der Waals surface area contributed by atoms with Crippen molar-refractivity contribution in [2.75, 3.05) is 0 Å². The van der Waals surface area contributed by atoms with E-state index in [0.29, 0.717) is 18.8 Å². The van der Waals surface area contributed by atoms with E-state index in [1.54, 1.807) is 35.3 Å². The van der Waals surface area contributed by atoms with Crippen LogP contribution in [0.15, 0.2) is 47.3 Å². The first-order valence-corrected chi connectivity index (χ1v) is 6.14. The van der Waals surface area contributed by atoms with Crippen molar-refractivity contribution in [1.82, 2.24) is 25.3 Å². The van der Waals surface area contributed by atoms with E-state index in [1.807, 2.05) is 12.3 Å². The Balaban J connectivity index is 1.59. The van der Waals surface area contributed by atoms with Gasteiger partial charge in [-0.3, -0.25) is 14.6 Å². The summed E-state index contributed by atoms with van der Waals surface area (Å²) in [7, 11) is 0. The molecule has 102 valence electrons. The molecule has 3 aromatic rings. The zero-order valence-corrected chi connectivity index (χ0v) is 10.6. The predicted molar refractivity (Wildman–Crippen MR) is 69.8 cm³/mol. The van der Waals surface area contributed by atoms with Crippen molar-refractivity contribution in [3.63, 3.8) is 0 Å². The fourth-order valence-corrected chi connectivity index (χ4v) is 1.78. The summed E-state index contributed by atoms with van der Waals surface area (Å²) < 4.78 is 7.22. The smallest absolute Gasteiger partial charge is 0.287 e. The number of carbonyl (C=O) groups excluding carboxylic acids is 1. The third-order valence-electron chi connectivity index (χ3n) is 2.76. The Kier molecular flexibility index (Phi) is 3.32. The van der Waals surface area contributed by atoms with Gasteiger partial charge in [-0.25, -0.2) is 0 Å². The van der Waals surface area contributed by atoms with Crippen LogP contribution in [0.25, 0.3) is 0 Å². The maximum Gasteiger partial charge on any atom is 0.287 e. The van der Waals surface area contributed by atoms with E-state index < -0.39 is 0 Å². The fourth-order valence-electron chi connectivity index (χ4n) is 1.78. The third kappa shape index (κ3) is 2.77. The lowest BCUT2D eigenvalue weighted by atomic mass is 10.4. The Bertz CT molecular complexity index is 670. The standard InChI is InChI=1S/C13H13N5O2/c19-13(14-8-10-4-6-15-17-10)12-3-2-11(20-12)9-18-7-1-5-16-18/h1-7H,8-9H2,(H,14,19)(H,15,17). The largest absolute Gasteiger partial charge is 0.454 e. The number of carbonyl (C=O) groups is 1. The summed E-state index contributed by atoms with van der Waals surface area (Å²) in [5, 5.41) is 13.4. The summed E-state index contributed by atoms with van der Waals surface area (Å²) in [5.41, 5.74) is 0.835. The Hall–Kier alpha value is -2.83. The lowest BCUT2D eigenvalue weighted by molar-refractivity contribution is 0.0920. The Labute approximate surface area is 114 Å². The van der Waals surface area contributed by atoms with Gasteiger partial charge in [0.15, 0.2) is 5.76 Å². The molecule has 0 saturated carbocycles. The van der Waals surface area contributed by atoms with E-state index in [4.69, 9.17) is 4.42 Å². The molecule has 2 N–H and O–H groups in total. The molecule has 3 aromatic heterocycles. The monoisotopic (exact) mass is 271 g/mol. The van der Waals surface area contributed by atoms with Crippen LogP contribution in [0.5, 0.6) is 0 Å². The molecule has 0 saturated heterocycles. The van der Waals surface area contributed by atoms with Gasteiger partial charge in [0, 0.05) is 18.6 Å². The number of furan rings is 1. The van der Waals surface area contributed by atoms with Crippen molar-refractivity contribution in [2.24, 2.45) is 0 Å². The van der Waals surface area contributed by atoms with Crippen molar-refractivity contribution >= 4 is 5.91 Å². The normalized spacial score (nSPS) is 10.6. The van der Waals surface area contributed by atoms with Gasteiger partial charge in [-0.05, 0) is 24.3 Å². The molecule has 0 unspecified atom stereocenters. The van der Waals surface area contributed by atoms with Crippen LogP contribution in [0.1, 0.15) is 22.0 Å². The van der Waals surface area contributed by atoms with Gasteiger partial charge < -0.3 is 9.73 Å². The second-order valence-electron chi connectivity index (χ2n) is 4.23. The summed E-state index contributed by atoms with van der Waals surface area (Å²) in [5.74, 6) is 0.707. The fraction of sp³-hybridized carbons (Fsp3) is 0.154. The number of hydrogen-bond donors (Lipinski definition) is 2. The molecule has 3 heterocycles. The molecule has 3 rings (SSSR count). The Morgan fingerprint density at radius 1 is 1.35 bits per heavy atom. The molecule has 0 fully saturated rings. The molecule has 0 radical (unpaired) electrons. The highest BCUT2D eigenvalue weighted by Crippen LogP contribution is 2.09. The topological polar surface area (TPSA) is 88.7 Å². The molecule has 0 spiro atoms. The molecule has 0 aliphatic rings. The molecule has 7 nitrogen and oxygen atoms in total. The number of aromatic nitrogens is 4. The lowest BCUT2D eigenvalue weighted by Gasteiger charge is -2.01. The number of hydrogen-bond acceptors (Lipinski definition) is 4. The van der Waals surface area contributed by atoms with Crippen LogP contribution in [-0.4, -0.2) is 25.9 Å². The van der Waals surface area contributed by atoms with Crippen molar-refractivity contribution in [3.05, 3.63) is 60.1 Å². The SMILES string of the molecule is O=C(NCc1ccn[nH]1)c1ccc(Cn2cccn2)o1. The molecule has 20 heavy (non-hydrogen) atoms. The van der Waals surface area contributed by atoms with Crippen molar-refractivity contribution in [3.8, 4) is 0 Å². The van der Waals surface area contributed by atoms with Crippen LogP contribution in [0.3, 0.4) is 0 Å². The maximum atomic E-state index is 11.9. The average molecular weight is 271 g/mol. The van der Waals surface area contributed by atoms with Crippen LogP contribution < -0.4 is 5.32 Å². The van der Waals surface area contributed by atoms with Crippen LogP contribution in [0.4, 0.5) is 0 Å². The first kappa shape index (κ1) is 12.2. The van der Waals surface area contributed by atoms with E-state index >= 15 is 0 Å². The van der Waals surface area contributed by atoms with Crippen LogP contribution in [-0.2, 0) is 13.1 Å². The third-order valence-corrected chi connectivity index (χ3v) is 2.76. The van der Waals surface area contributed by atoms with Gasteiger partial charge in [-0.2, -0.15) is 10.2 Å². The van der Waals surface area contributed by atoms with E-state index in [9.17, 15) is 4.79 Å². The highest BCUT2D eigenvalue weighted by Gasteiger charge is 2.11. The predicted octanol–water partition coefficient (Wildman–Crippen LogP) is 1.18. The van der Waals surface area contributed by atoms with Gasteiger partial charge >= 0.3 is 0 Å². The number of H-pyrrole nitrogens is 1. The molecule has 0 aromatic carbocycles. The van der Waals surface area contributed by atoms with Crippen molar-refractivity contribution < 1.29 is 9.21 Å². The van der Waals surface area contributed by atoms with Gasteiger partial charge in [0.25, 0.3) is 5.91 Å². The Morgan fingerprint density at radius 3 is 3.05 bits per heavy atom. The Morgan fingerprint density at radius 2 is 2.30 bits per heavy atom. The second-order valence-corrected chi connectivity index (χ2v) is 4.23. The van der Waals surface area contributed by atoms with Crippen LogP contribution in [0.2, 0.25) is 0 Å². The first-order chi connectivity index (χ1) is 9.81. The molecule has 0 aliphatic heterocycles. The minimum atomic E-state index is -0.258. The molecular weight excluding hydrogens is 258 g/mol. The molecule has 0 aliphatic carbocycles. The summed E-state index contributed by atoms with van der Waals surface area (Å²) in [4.78, 5) is 11.9. The minimum Gasteiger partial charge on any atom is -0.454 e. The first-order valence-electron chi connectivity index (χ1n) is 6.14. The maximum absolute atomic E-state index is 11.9.